The molecule has 2 aromatic rings. The van der Waals surface area contributed by atoms with Gasteiger partial charge in [-0.25, -0.2) is 0 Å². The quantitative estimate of drug-likeness (QED) is 0.700. The van der Waals surface area contributed by atoms with Crippen LogP contribution >= 0.6 is 11.8 Å². The second-order valence-corrected chi connectivity index (χ2v) is 7.53. The van der Waals surface area contributed by atoms with Crippen molar-refractivity contribution in [3.8, 4) is 0 Å². The number of thioether (sulfide) groups is 1. The number of amides is 1. The lowest BCUT2D eigenvalue weighted by Crippen LogP contribution is -2.24. The van der Waals surface area contributed by atoms with E-state index in [2.05, 4.69) is 43.4 Å². The zero-order valence-electron chi connectivity index (χ0n) is 15.5. The standard InChI is InChI=1S/C21H27NO2S/c1-15(2)24-13-19-7-5-6-18(11-19)12-22-21(23)14-25-20-10-16(3)8-9-17(20)4/h5-11,15H,12-14H2,1-4H3,(H,22,23). The summed E-state index contributed by atoms with van der Waals surface area (Å²) >= 11 is 1.59. The topological polar surface area (TPSA) is 38.3 Å². The molecule has 0 saturated carbocycles. The highest BCUT2D eigenvalue weighted by molar-refractivity contribution is 8.00. The Morgan fingerprint density at radius 1 is 1.12 bits per heavy atom. The number of rotatable bonds is 8. The Morgan fingerprint density at radius 2 is 1.88 bits per heavy atom. The Labute approximate surface area is 155 Å². The molecule has 0 atom stereocenters. The third kappa shape index (κ3) is 6.92. The van der Waals surface area contributed by atoms with Crippen LogP contribution in [-0.2, 0) is 22.7 Å². The van der Waals surface area contributed by atoms with Crippen molar-refractivity contribution < 1.29 is 9.53 Å². The van der Waals surface area contributed by atoms with Crippen LogP contribution in [0.1, 0.15) is 36.1 Å². The number of ether oxygens (including phenoxy) is 1. The summed E-state index contributed by atoms with van der Waals surface area (Å²) in [6, 6.07) is 14.5. The van der Waals surface area contributed by atoms with Gasteiger partial charge in [-0.15, -0.1) is 11.8 Å². The first-order chi connectivity index (χ1) is 11.9. The summed E-state index contributed by atoms with van der Waals surface area (Å²) in [5, 5.41) is 2.99. The van der Waals surface area contributed by atoms with Crippen LogP contribution in [0.3, 0.4) is 0 Å². The highest BCUT2D eigenvalue weighted by Gasteiger charge is 2.06. The minimum absolute atomic E-state index is 0.0507. The lowest BCUT2D eigenvalue weighted by Gasteiger charge is -2.10. The number of hydrogen-bond acceptors (Lipinski definition) is 3. The second kappa shape index (κ2) is 9.64. The number of carbonyl (C=O) groups is 1. The summed E-state index contributed by atoms with van der Waals surface area (Å²) in [6.07, 6.45) is 0.213. The molecule has 1 N–H and O–H groups in total. The highest BCUT2D eigenvalue weighted by Crippen LogP contribution is 2.23. The molecule has 0 spiro atoms. The summed E-state index contributed by atoms with van der Waals surface area (Å²) < 4.78 is 5.63. The van der Waals surface area contributed by atoms with Crippen molar-refractivity contribution in [2.45, 2.75) is 51.8 Å². The lowest BCUT2D eigenvalue weighted by atomic mass is 10.1. The Hall–Kier alpha value is -1.78. The summed E-state index contributed by atoms with van der Waals surface area (Å²) in [5.74, 6) is 0.482. The monoisotopic (exact) mass is 357 g/mol. The summed E-state index contributed by atoms with van der Waals surface area (Å²) in [5.41, 5.74) is 4.65. The molecule has 0 aliphatic rings. The first-order valence-electron chi connectivity index (χ1n) is 8.60. The van der Waals surface area contributed by atoms with Crippen LogP contribution < -0.4 is 5.32 Å². The fourth-order valence-electron chi connectivity index (χ4n) is 2.35. The van der Waals surface area contributed by atoms with Gasteiger partial charge in [0.25, 0.3) is 0 Å². The van der Waals surface area contributed by atoms with Gasteiger partial charge in [0.05, 0.1) is 18.5 Å². The first kappa shape index (κ1) is 19.5. The molecule has 1 amide bonds. The van der Waals surface area contributed by atoms with Crippen molar-refractivity contribution >= 4 is 17.7 Å². The van der Waals surface area contributed by atoms with Gasteiger partial charge in [0.2, 0.25) is 5.91 Å². The highest BCUT2D eigenvalue weighted by atomic mass is 32.2. The molecule has 2 rings (SSSR count). The van der Waals surface area contributed by atoms with Crippen molar-refractivity contribution in [2.75, 3.05) is 5.75 Å². The van der Waals surface area contributed by atoms with Crippen LogP contribution in [0.4, 0.5) is 0 Å². The van der Waals surface area contributed by atoms with Crippen molar-refractivity contribution in [2.24, 2.45) is 0 Å². The molecule has 134 valence electrons. The van der Waals surface area contributed by atoms with E-state index in [1.807, 2.05) is 32.0 Å². The van der Waals surface area contributed by atoms with Crippen LogP contribution in [0.15, 0.2) is 47.4 Å². The molecule has 2 aromatic carbocycles. The van der Waals surface area contributed by atoms with Crippen LogP contribution in [0.5, 0.6) is 0 Å². The molecule has 0 heterocycles. The van der Waals surface area contributed by atoms with E-state index in [9.17, 15) is 4.79 Å². The molecule has 4 heteroatoms. The second-order valence-electron chi connectivity index (χ2n) is 6.51. The Balaban J connectivity index is 1.81. The van der Waals surface area contributed by atoms with Crippen molar-refractivity contribution in [3.05, 3.63) is 64.7 Å². The van der Waals surface area contributed by atoms with E-state index in [1.54, 1.807) is 11.8 Å². The number of nitrogens with one attached hydrogen (secondary N) is 1. The molecule has 3 nitrogen and oxygen atoms in total. The predicted molar refractivity (Wildman–Crippen MR) is 105 cm³/mol. The van der Waals surface area contributed by atoms with Gasteiger partial charge in [-0.3, -0.25) is 4.79 Å². The Bertz CT molecular complexity index is 713. The summed E-state index contributed by atoms with van der Waals surface area (Å²) in [7, 11) is 0. The van der Waals surface area contributed by atoms with Gasteiger partial charge in [-0.2, -0.15) is 0 Å². The number of aryl methyl sites for hydroxylation is 2. The Kier molecular flexibility index (Phi) is 7.53. The number of hydrogen-bond donors (Lipinski definition) is 1. The van der Waals surface area contributed by atoms with E-state index in [0.29, 0.717) is 18.9 Å². The van der Waals surface area contributed by atoms with E-state index in [-0.39, 0.29) is 12.0 Å². The SMILES string of the molecule is Cc1ccc(C)c(SCC(=O)NCc2cccc(COC(C)C)c2)c1. The molecular weight excluding hydrogens is 330 g/mol. The maximum atomic E-state index is 12.1. The maximum Gasteiger partial charge on any atom is 0.230 e. The predicted octanol–water partition coefficient (Wildman–Crippen LogP) is 4.64. The van der Waals surface area contributed by atoms with Gasteiger partial charge in [-0.05, 0) is 50.5 Å². The Morgan fingerprint density at radius 3 is 2.64 bits per heavy atom. The molecule has 0 aromatic heterocycles. The molecular formula is C21H27NO2S. The third-order valence-electron chi connectivity index (χ3n) is 3.77. The molecule has 25 heavy (non-hydrogen) atoms. The maximum absolute atomic E-state index is 12.1. The van der Waals surface area contributed by atoms with Gasteiger partial charge < -0.3 is 10.1 Å². The average molecular weight is 358 g/mol. The van der Waals surface area contributed by atoms with Gasteiger partial charge in [0.15, 0.2) is 0 Å². The van der Waals surface area contributed by atoms with Crippen LogP contribution in [0, 0.1) is 13.8 Å². The summed E-state index contributed by atoms with van der Waals surface area (Å²) in [4.78, 5) is 13.3. The molecule has 0 fully saturated rings. The molecule has 0 saturated heterocycles. The molecule has 0 aliphatic heterocycles. The molecule has 0 unspecified atom stereocenters. The van der Waals surface area contributed by atoms with Crippen molar-refractivity contribution in [1.82, 2.24) is 5.32 Å². The fourth-order valence-corrected chi connectivity index (χ4v) is 3.30. The van der Waals surface area contributed by atoms with Gasteiger partial charge >= 0.3 is 0 Å². The lowest BCUT2D eigenvalue weighted by molar-refractivity contribution is -0.118. The van der Waals surface area contributed by atoms with Gasteiger partial charge in [-0.1, -0.05) is 42.0 Å². The third-order valence-corrected chi connectivity index (χ3v) is 4.92. The molecule has 0 radical (unpaired) electrons. The van der Waals surface area contributed by atoms with E-state index in [0.717, 1.165) is 11.1 Å². The van der Waals surface area contributed by atoms with E-state index < -0.39 is 0 Å². The smallest absolute Gasteiger partial charge is 0.230 e. The van der Waals surface area contributed by atoms with Gasteiger partial charge in [0.1, 0.15) is 0 Å². The van der Waals surface area contributed by atoms with Crippen molar-refractivity contribution in [1.29, 1.82) is 0 Å². The first-order valence-corrected chi connectivity index (χ1v) is 9.59. The van der Waals surface area contributed by atoms with Crippen LogP contribution in [-0.4, -0.2) is 17.8 Å². The summed E-state index contributed by atoms with van der Waals surface area (Å²) in [6.45, 7) is 9.34. The number of benzene rings is 2. The van der Waals surface area contributed by atoms with Crippen molar-refractivity contribution in [3.63, 3.8) is 0 Å². The van der Waals surface area contributed by atoms with Gasteiger partial charge in [0, 0.05) is 11.4 Å². The number of carbonyl (C=O) groups excluding carboxylic acids is 1. The minimum atomic E-state index is 0.0507. The molecule has 0 bridgehead atoms. The van der Waals surface area contributed by atoms with Crippen LogP contribution in [0.2, 0.25) is 0 Å². The fraction of sp³-hybridized carbons (Fsp3) is 0.381. The minimum Gasteiger partial charge on any atom is -0.374 e. The average Bonchev–Trinajstić information content (AvgIpc) is 2.59. The van der Waals surface area contributed by atoms with E-state index >= 15 is 0 Å². The zero-order valence-corrected chi connectivity index (χ0v) is 16.3. The largest absolute Gasteiger partial charge is 0.374 e. The normalized spacial score (nSPS) is 10.9. The van der Waals surface area contributed by atoms with Crippen LogP contribution in [0.25, 0.3) is 0 Å². The zero-order chi connectivity index (χ0) is 18.2. The molecule has 0 aliphatic carbocycles. The van der Waals surface area contributed by atoms with E-state index in [4.69, 9.17) is 4.74 Å². The van der Waals surface area contributed by atoms with E-state index in [1.165, 1.54) is 16.0 Å².